The van der Waals surface area contributed by atoms with Gasteiger partial charge in [-0.15, -0.1) is 0 Å². The van der Waals surface area contributed by atoms with Crippen LogP contribution in [0, 0.1) is 0 Å². The maximum atomic E-state index is 11.7. The van der Waals surface area contributed by atoms with Crippen LogP contribution < -0.4 is 5.32 Å². The molecule has 0 saturated carbocycles. The highest BCUT2D eigenvalue weighted by Crippen LogP contribution is 1.97. The minimum atomic E-state index is -0.212. The SMILES string of the molecule is FCCCNCCCN1CCOCC1. The lowest BCUT2D eigenvalue weighted by atomic mass is 10.3. The Morgan fingerprint density at radius 1 is 1.14 bits per heavy atom. The lowest BCUT2D eigenvalue weighted by Crippen LogP contribution is -2.37. The average molecular weight is 204 g/mol. The molecule has 1 aliphatic heterocycles. The molecule has 1 heterocycles. The summed E-state index contributed by atoms with van der Waals surface area (Å²) in [7, 11) is 0. The summed E-state index contributed by atoms with van der Waals surface area (Å²) < 4.78 is 17.0. The Hall–Kier alpha value is -0.190. The van der Waals surface area contributed by atoms with Gasteiger partial charge < -0.3 is 10.1 Å². The van der Waals surface area contributed by atoms with E-state index < -0.39 is 0 Å². The van der Waals surface area contributed by atoms with Crippen LogP contribution in [-0.4, -0.2) is 57.5 Å². The first-order valence-electron chi connectivity index (χ1n) is 5.50. The Balaban J connectivity index is 1.82. The molecule has 0 aromatic heterocycles. The van der Waals surface area contributed by atoms with Crippen molar-refractivity contribution in [3.63, 3.8) is 0 Å². The van der Waals surface area contributed by atoms with Crippen LogP contribution in [-0.2, 0) is 4.74 Å². The van der Waals surface area contributed by atoms with Crippen LogP contribution in [0.4, 0.5) is 4.39 Å². The molecule has 3 nitrogen and oxygen atoms in total. The minimum absolute atomic E-state index is 0.212. The molecule has 0 unspecified atom stereocenters. The maximum Gasteiger partial charge on any atom is 0.0906 e. The standard InChI is InChI=1S/C10H21FN2O/c11-3-1-4-12-5-2-6-13-7-9-14-10-8-13/h12H,1-10H2. The fraction of sp³-hybridized carbons (Fsp3) is 1.00. The fourth-order valence-corrected chi connectivity index (χ4v) is 1.57. The van der Waals surface area contributed by atoms with E-state index in [9.17, 15) is 4.39 Å². The minimum Gasteiger partial charge on any atom is -0.379 e. The third-order valence-electron chi connectivity index (χ3n) is 2.42. The van der Waals surface area contributed by atoms with Gasteiger partial charge in [0.15, 0.2) is 0 Å². The van der Waals surface area contributed by atoms with Crippen LogP contribution in [0.1, 0.15) is 12.8 Å². The number of halogens is 1. The molecular weight excluding hydrogens is 183 g/mol. The number of morpholine rings is 1. The summed E-state index contributed by atoms with van der Waals surface area (Å²) in [6.45, 7) is 6.58. The summed E-state index contributed by atoms with van der Waals surface area (Å²) in [4.78, 5) is 2.42. The van der Waals surface area contributed by atoms with Crippen molar-refractivity contribution >= 4 is 0 Å². The Morgan fingerprint density at radius 3 is 2.57 bits per heavy atom. The molecule has 0 aromatic carbocycles. The predicted octanol–water partition coefficient (Wildman–Crippen LogP) is 0.658. The highest BCUT2D eigenvalue weighted by Gasteiger charge is 2.08. The van der Waals surface area contributed by atoms with E-state index >= 15 is 0 Å². The van der Waals surface area contributed by atoms with Gasteiger partial charge in [-0.2, -0.15) is 0 Å². The smallest absolute Gasteiger partial charge is 0.0906 e. The van der Waals surface area contributed by atoms with Crippen LogP contribution in [0.25, 0.3) is 0 Å². The quantitative estimate of drug-likeness (QED) is 0.617. The van der Waals surface area contributed by atoms with Gasteiger partial charge in [-0.25, -0.2) is 0 Å². The van der Waals surface area contributed by atoms with Crippen molar-refractivity contribution < 1.29 is 9.13 Å². The van der Waals surface area contributed by atoms with Gasteiger partial charge in [-0.3, -0.25) is 9.29 Å². The van der Waals surface area contributed by atoms with E-state index in [1.807, 2.05) is 0 Å². The second-order valence-electron chi connectivity index (χ2n) is 3.60. The highest BCUT2D eigenvalue weighted by atomic mass is 19.1. The molecule has 84 valence electrons. The number of ether oxygens (including phenoxy) is 1. The van der Waals surface area contributed by atoms with Crippen LogP contribution in [0.5, 0.6) is 0 Å². The second-order valence-corrected chi connectivity index (χ2v) is 3.60. The van der Waals surface area contributed by atoms with Gasteiger partial charge in [0.05, 0.1) is 19.9 Å². The molecule has 0 aliphatic carbocycles. The predicted molar refractivity (Wildman–Crippen MR) is 55.3 cm³/mol. The Bertz CT molecular complexity index is 129. The molecule has 0 bridgehead atoms. The average Bonchev–Trinajstić information content (AvgIpc) is 2.25. The topological polar surface area (TPSA) is 24.5 Å². The van der Waals surface area contributed by atoms with Crippen molar-refractivity contribution in [1.29, 1.82) is 0 Å². The molecule has 0 spiro atoms. The monoisotopic (exact) mass is 204 g/mol. The largest absolute Gasteiger partial charge is 0.379 e. The molecule has 0 atom stereocenters. The Morgan fingerprint density at radius 2 is 1.86 bits per heavy atom. The molecule has 1 saturated heterocycles. The fourth-order valence-electron chi connectivity index (χ4n) is 1.57. The number of nitrogens with one attached hydrogen (secondary N) is 1. The van der Waals surface area contributed by atoms with Crippen molar-refractivity contribution in [3.05, 3.63) is 0 Å². The summed E-state index contributed by atoms with van der Waals surface area (Å²) in [5, 5.41) is 3.23. The van der Waals surface area contributed by atoms with Crippen molar-refractivity contribution in [3.8, 4) is 0 Å². The zero-order chi connectivity index (χ0) is 10.1. The Kier molecular flexibility index (Phi) is 6.91. The van der Waals surface area contributed by atoms with Crippen molar-refractivity contribution in [1.82, 2.24) is 10.2 Å². The first-order chi connectivity index (χ1) is 6.93. The van der Waals surface area contributed by atoms with Crippen LogP contribution >= 0.6 is 0 Å². The highest BCUT2D eigenvalue weighted by molar-refractivity contribution is 4.62. The van der Waals surface area contributed by atoms with E-state index in [1.165, 1.54) is 0 Å². The lowest BCUT2D eigenvalue weighted by molar-refractivity contribution is 0.0374. The number of alkyl halides is 1. The van der Waals surface area contributed by atoms with Gasteiger partial charge in [0.1, 0.15) is 0 Å². The third kappa shape index (κ3) is 5.52. The molecule has 4 heteroatoms. The van der Waals surface area contributed by atoms with Gasteiger partial charge in [0.25, 0.3) is 0 Å². The van der Waals surface area contributed by atoms with Crippen molar-refractivity contribution in [2.45, 2.75) is 12.8 Å². The Labute approximate surface area is 85.6 Å². The molecule has 1 rings (SSSR count). The van der Waals surface area contributed by atoms with Gasteiger partial charge in [0, 0.05) is 13.1 Å². The van der Waals surface area contributed by atoms with Crippen LogP contribution in [0.2, 0.25) is 0 Å². The van der Waals surface area contributed by atoms with E-state index in [-0.39, 0.29) is 6.67 Å². The van der Waals surface area contributed by atoms with Crippen molar-refractivity contribution in [2.24, 2.45) is 0 Å². The van der Waals surface area contributed by atoms with E-state index in [0.717, 1.165) is 52.4 Å². The number of hydrogen-bond acceptors (Lipinski definition) is 3. The van der Waals surface area contributed by atoms with E-state index in [2.05, 4.69) is 10.2 Å². The second kappa shape index (κ2) is 8.15. The van der Waals surface area contributed by atoms with Crippen molar-refractivity contribution in [2.75, 3.05) is 52.6 Å². The lowest BCUT2D eigenvalue weighted by Gasteiger charge is -2.26. The first-order valence-corrected chi connectivity index (χ1v) is 5.50. The molecule has 0 radical (unpaired) electrons. The zero-order valence-corrected chi connectivity index (χ0v) is 8.80. The van der Waals surface area contributed by atoms with Crippen LogP contribution in [0.3, 0.4) is 0 Å². The summed E-state index contributed by atoms with van der Waals surface area (Å²) in [6, 6.07) is 0. The molecule has 1 aliphatic rings. The zero-order valence-electron chi connectivity index (χ0n) is 8.80. The van der Waals surface area contributed by atoms with E-state index in [1.54, 1.807) is 0 Å². The molecule has 14 heavy (non-hydrogen) atoms. The summed E-state index contributed by atoms with van der Waals surface area (Å²) in [5.41, 5.74) is 0. The number of hydrogen-bond donors (Lipinski definition) is 1. The van der Waals surface area contributed by atoms with E-state index in [4.69, 9.17) is 4.74 Å². The third-order valence-corrected chi connectivity index (χ3v) is 2.42. The molecule has 0 amide bonds. The summed E-state index contributed by atoms with van der Waals surface area (Å²) in [5.74, 6) is 0. The number of rotatable bonds is 7. The van der Waals surface area contributed by atoms with Crippen LogP contribution in [0.15, 0.2) is 0 Å². The molecule has 0 aromatic rings. The molecule has 1 fully saturated rings. The molecular formula is C10H21FN2O. The van der Waals surface area contributed by atoms with Gasteiger partial charge in [0.2, 0.25) is 0 Å². The van der Waals surface area contributed by atoms with E-state index in [0.29, 0.717) is 6.42 Å². The van der Waals surface area contributed by atoms with Gasteiger partial charge >= 0.3 is 0 Å². The first kappa shape index (κ1) is 11.9. The normalized spacial score (nSPS) is 18.6. The summed E-state index contributed by atoms with van der Waals surface area (Å²) in [6.07, 6.45) is 1.78. The number of nitrogens with zero attached hydrogens (tertiary/aromatic N) is 1. The maximum absolute atomic E-state index is 11.7. The van der Waals surface area contributed by atoms with Gasteiger partial charge in [-0.1, -0.05) is 0 Å². The molecule has 1 N–H and O–H groups in total. The van der Waals surface area contributed by atoms with Gasteiger partial charge in [-0.05, 0) is 32.5 Å². The summed E-state index contributed by atoms with van der Waals surface area (Å²) >= 11 is 0.